The number of anilines is 1. The predicted molar refractivity (Wildman–Crippen MR) is 96.2 cm³/mol. The van der Waals surface area contributed by atoms with E-state index in [-0.39, 0.29) is 35.2 Å². The molecule has 1 aromatic carbocycles. The summed E-state index contributed by atoms with van der Waals surface area (Å²) in [6.45, 7) is 5.46. The van der Waals surface area contributed by atoms with Crippen LogP contribution in [-0.4, -0.2) is 39.2 Å². The van der Waals surface area contributed by atoms with Crippen molar-refractivity contribution in [2.45, 2.75) is 32.6 Å². The summed E-state index contributed by atoms with van der Waals surface area (Å²) in [5.41, 5.74) is -0.233. The molecule has 27 heavy (non-hydrogen) atoms. The van der Waals surface area contributed by atoms with Gasteiger partial charge in [-0.25, -0.2) is 14.2 Å². The number of imide groups is 1. The highest BCUT2D eigenvalue weighted by atomic mass is 16.6. The van der Waals surface area contributed by atoms with Crippen LogP contribution >= 0.6 is 0 Å². The summed E-state index contributed by atoms with van der Waals surface area (Å²) in [5, 5.41) is 23.6. The Balaban J connectivity index is 2.31. The van der Waals surface area contributed by atoms with Crippen LogP contribution in [-0.2, 0) is 10.2 Å². The normalized spacial score (nSPS) is 15.1. The molecular formula is C17H18N4O6. The zero-order valence-electron chi connectivity index (χ0n) is 15.0. The van der Waals surface area contributed by atoms with Crippen LogP contribution in [0.4, 0.5) is 21.0 Å². The highest BCUT2D eigenvalue weighted by Gasteiger charge is 2.31. The molecule has 0 aliphatic carbocycles. The van der Waals surface area contributed by atoms with Gasteiger partial charge in [-0.2, -0.15) is 0 Å². The lowest BCUT2D eigenvalue weighted by Gasteiger charge is -2.26. The van der Waals surface area contributed by atoms with E-state index in [1.54, 1.807) is 20.8 Å². The summed E-state index contributed by atoms with van der Waals surface area (Å²) in [6.07, 6.45) is -1.23. The predicted octanol–water partition coefficient (Wildman–Crippen LogP) is 2.82. The van der Waals surface area contributed by atoms with E-state index >= 15 is 0 Å². The third-order valence-corrected chi connectivity index (χ3v) is 4.41. The van der Waals surface area contributed by atoms with Crippen molar-refractivity contribution in [3.63, 3.8) is 0 Å². The average molecular weight is 374 g/mol. The SMILES string of the molecule is CC(C)(C)c1cc2c([N+](=O)[O-])cc(N3CCC(=O)NC3=O)cc2n1C(=O)O. The van der Waals surface area contributed by atoms with E-state index < -0.39 is 28.4 Å². The first kappa shape index (κ1) is 18.4. The summed E-state index contributed by atoms with van der Waals surface area (Å²) in [4.78, 5) is 47.5. The fraction of sp³-hybridized carbons (Fsp3) is 0.353. The number of amides is 3. The third kappa shape index (κ3) is 3.09. The minimum absolute atomic E-state index is 0.0464. The van der Waals surface area contributed by atoms with Crippen LogP contribution in [0.1, 0.15) is 32.9 Å². The maximum Gasteiger partial charge on any atom is 0.416 e. The summed E-state index contributed by atoms with van der Waals surface area (Å²) < 4.78 is 0.999. The van der Waals surface area contributed by atoms with Crippen molar-refractivity contribution in [1.82, 2.24) is 9.88 Å². The molecular weight excluding hydrogens is 356 g/mol. The van der Waals surface area contributed by atoms with Crippen LogP contribution in [0.5, 0.6) is 0 Å². The molecule has 10 nitrogen and oxygen atoms in total. The van der Waals surface area contributed by atoms with E-state index in [9.17, 15) is 29.6 Å². The van der Waals surface area contributed by atoms with Gasteiger partial charge in [-0.15, -0.1) is 0 Å². The quantitative estimate of drug-likeness (QED) is 0.613. The van der Waals surface area contributed by atoms with Gasteiger partial charge < -0.3 is 5.11 Å². The Hall–Kier alpha value is -3.43. The summed E-state index contributed by atoms with van der Waals surface area (Å²) in [7, 11) is 0. The molecule has 142 valence electrons. The molecule has 1 aromatic heterocycles. The number of aromatic nitrogens is 1. The van der Waals surface area contributed by atoms with Gasteiger partial charge in [-0.05, 0) is 12.1 Å². The van der Waals surface area contributed by atoms with E-state index in [0.717, 1.165) is 4.57 Å². The second-order valence-electron chi connectivity index (χ2n) is 7.31. The van der Waals surface area contributed by atoms with Crippen LogP contribution in [0.15, 0.2) is 18.2 Å². The maximum atomic E-state index is 12.1. The van der Waals surface area contributed by atoms with E-state index in [2.05, 4.69) is 5.32 Å². The first-order chi connectivity index (χ1) is 12.5. The Labute approximate surface area is 153 Å². The number of benzene rings is 1. The van der Waals surface area contributed by atoms with E-state index in [4.69, 9.17) is 0 Å². The summed E-state index contributed by atoms with van der Waals surface area (Å²) in [6, 6.07) is 3.42. The summed E-state index contributed by atoms with van der Waals surface area (Å²) >= 11 is 0. The highest BCUT2D eigenvalue weighted by molar-refractivity contribution is 6.07. The third-order valence-electron chi connectivity index (χ3n) is 4.41. The lowest BCUT2D eigenvalue weighted by Crippen LogP contribution is -2.49. The number of fused-ring (bicyclic) bond motifs is 1. The van der Waals surface area contributed by atoms with Gasteiger partial charge in [0.05, 0.1) is 21.5 Å². The Morgan fingerprint density at radius 1 is 1.26 bits per heavy atom. The molecule has 1 saturated heterocycles. The molecule has 1 aliphatic heterocycles. The van der Waals surface area contributed by atoms with Crippen LogP contribution in [0.3, 0.4) is 0 Å². The van der Waals surface area contributed by atoms with Gasteiger partial charge in [0.1, 0.15) is 0 Å². The number of nitro benzene ring substituents is 1. The molecule has 1 aliphatic rings. The van der Waals surface area contributed by atoms with Crippen molar-refractivity contribution in [2.75, 3.05) is 11.4 Å². The van der Waals surface area contributed by atoms with Crippen molar-refractivity contribution >= 4 is 40.3 Å². The number of hydrogen-bond acceptors (Lipinski definition) is 5. The Morgan fingerprint density at radius 3 is 2.44 bits per heavy atom. The van der Waals surface area contributed by atoms with E-state index in [1.165, 1.54) is 23.1 Å². The first-order valence-corrected chi connectivity index (χ1v) is 8.19. The van der Waals surface area contributed by atoms with Crippen molar-refractivity contribution in [2.24, 2.45) is 0 Å². The van der Waals surface area contributed by atoms with Crippen molar-refractivity contribution in [3.8, 4) is 0 Å². The van der Waals surface area contributed by atoms with Gasteiger partial charge in [-0.3, -0.25) is 25.1 Å². The number of nitro groups is 1. The minimum Gasteiger partial charge on any atom is -0.464 e. The number of rotatable bonds is 2. The van der Waals surface area contributed by atoms with Crippen LogP contribution < -0.4 is 10.2 Å². The minimum atomic E-state index is -1.28. The van der Waals surface area contributed by atoms with Gasteiger partial charge in [0.25, 0.3) is 5.69 Å². The molecule has 0 unspecified atom stereocenters. The number of nitrogens with one attached hydrogen (secondary N) is 1. The largest absolute Gasteiger partial charge is 0.464 e. The molecule has 1 fully saturated rings. The molecule has 0 radical (unpaired) electrons. The molecule has 0 saturated carbocycles. The second-order valence-corrected chi connectivity index (χ2v) is 7.31. The molecule has 3 amide bonds. The topological polar surface area (TPSA) is 135 Å². The summed E-state index contributed by atoms with van der Waals surface area (Å²) in [5.74, 6) is -0.434. The lowest BCUT2D eigenvalue weighted by atomic mass is 9.92. The van der Waals surface area contributed by atoms with Crippen molar-refractivity contribution in [1.29, 1.82) is 0 Å². The van der Waals surface area contributed by atoms with Crippen molar-refractivity contribution in [3.05, 3.63) is 34.0 Å². The zero-order chi connectivity index (χ0) is 20.1. The first-order valence-electron chi connectivity index (χ1n) is 8.19. The molecule has 0 spiro atoms. The second kappa shape index (κ2) is 6.08. The number of hydrogen-bond donors (Lipinski definition) is 2. The van der Waals surface area contributed by atoms with Gasteiger partial charge in [-0.1, -0.05) is 20.8 Å². The van der Waals surface area contributed by atoms with E-state index in [0.29, 0.717) is 5.69 Å². The molecule has 0 atom stereocenters. The fourth-order valence-electron chi connectivity index (χ4n) is 3.15. The Kier molecular flexibility index (Phi) is 4.13. The standard InChI is InChI=1S/C17H18N4O6/c1-17(2,3)13-8-10-11(20(13)16(24)25)6-9(7-12(10)21(26)27)19-5-4-14(22)18-15(19)23/h6-8H,4-5H2,1-3H3,(H,24,25)(H,18,22,23). The Bertz CT molecular complexity index is 1000. The zero-order valence-corrected chi connectivity index (χ0v) is 15.0. The van der Waals surface area contributed by atoms with E-state index in [1.807, 2.05) is 0 Å². The molecule has 3 rings (SSSR count). The number of urea groups is 1. The van der Waals surface area contributed by atoms with Gasteiger partial charge >= 0.3 is 12.1 Å². The molecule has 2 N–H and O–H groups in total. The molecule has 2 aromatic rings. The Morgan fingerprint density at radius 2 is 1.93 bits per heavy atom. The van der Waals surface area contributed by atoms with Gasteiger partial charge in [0.2, 0.25) is 5.91 Å². The molecule has 10 heteroatoms. The monoisotopic (exact) mass is 374 g/mol. The lowest BCUT2D eigenvalue weighted by molar-refractivity contribution is -0.383. The maximum absolute atomic E-state index is 12.1. The van der Waals surface area contributed by atoms with Crippen LogP contribution in [0.2, 0.25) is 0 Å². The number of non-ortho nitro benzene ring substituents is 1. The van der Waals surface area contributed by atoms with Crippen molar-refractivity contribution < 1.29 is 24.4 Å². The smallest absolute Gasteiger partial charge is 0.416 e. The van der Waals surface area contributed by atoms with Crippen LogP contribution in [0, 0.1) is 10.1 Å². The number of nitrogens with zero attached hydrogens (tertiary/aromatic N) is 3. The molecule has 0 bridgehead atoms. The molecule has 2 heterocycles. The van der Waals surface area contributed by atoms with Gasteiger partial charge in [0, 0.05) is 30.1 Å². The van der Waals surface area contributed by atoms with Crippen LogP contribution in [0.25, 0.3) is 10.9 Å². The average Bonchev–Trinajstić information content (AvgIpc) is 2.93. The number of carboxylic acid groups (broad SMARTS) is 1. The fourth-order valence-corrected chi connectivity index (χ4v) is 3.15. The number of carbonyl (C=O) groups is 3. The highest BCUT2D eigenvalue weighted by Crippen LogP contribution is 2.37. The van der Waals surface area contributed by atoms with Gasteiger partial charge in [0.15, 0.2) is 0 Å². The number of carbonyl (C=O) groups excluding carboxylic acids is 2.